The van der Waals surface area contributed by atoms with Crippen molar-refractivity contribution in [1.82, 2.24) is 0 Å². The number of hydrogen-bond donors (Lipinski definition) is 0. The van der Waals surface area contributed by atoms with Crippen molar-refractivity contribution in [2.45, 2.75) is 18.5 Å². The van der Waals surface area contributed by atoms with Gasteiger partial charge in [0, 0.05) is 0 Å². The molecular formula is C22H12F9. The minimum absolute atomic E-state index is 0.191. The Morgan fingerprint density at radius 2 is 0.548 bits per heavy atom. The third kappa shape index (κ3) is 5.21. The van der Waals surface area contributed by atoms with Crippen molar-refractivity contribution in [3.05, 3.63) is 112 Å². The van der Waals surface area contributed by atoms with E-state index >= 15 is 0 Å². The van der Waals surface area contributed by atoms with Crippen LogP contribution in [-0.4, -0.2) is 0 Å². The highest BCUT2D eigenvalue weighted by atomic mass is 19.4. The second-order valence-electron chi connectivity index (χ2n) is 6.60. The van der Waals surface area contributed by atoms with Crippen LogP contribution < -0.4 is 0 Å². The van der Waals surface area contributed by atoms with Gasteiger partial charge in [-0.1, -0.05) is 36.4 Å². The molecule has 0 spiro atoms. The molecular weight excluding hydrogens is 435 g/mol. The van der Waals surface area contributed by atoms with E-state index in [0.717, 1.165) is 72.8 Å². The van der Waals surface area contributed by atoms with E-state index in [4.69, 9.17) is 0 Å². The first-order valence-electron chi connectivity index (χ1n) is 8.66. The molecule has 0 bridgehead atoms. The average Bonchev–Trinajstić information content (AvgIpc) is 2.67. The molecule has 0 heterocycles. The highest BCUT2D eigenvalue weighted by Gasteiger charge is 2.33. The highest BCUT2D eigenvalue weighted by Crippen LogP contribution is 2.37. The van der Waals surface area contributed by atoms with Crippen molar-refractivity contribution in [3.63, 3.8) is 0 Å². The van der Waals surface area contributed by atoms with Crippen LogP contribution in [0.2, 0.25) is 0 Å². The van der Waals surface area contributed by atoms with Crippen molar-refractivity contribution >= 4 is 0 Å². The largest absolute Gasteiger partial charge is 0.416 e. The first kappa shape index (κ1) is 22.7. The van der Waals surface area contributed by atoms with Crippen LogP contribution in [0.25, 0.3) is 0 Å². The molecule has 1 radical (unpaired) electrons. The summed E-state index contributed by atoms with van der Waals surface area (Å²) in [6, 6.07) is 11.5. The van der Waals surface area contributed by atoms with Gasteiger partial charge in [-0.25, -0.2) is 0 Å². The second-order valence-corrected chi connectivity index (χ2v) is 6.60. The maximum atomic E-state index is 12.9. The van der Waals surface area contributed by atoms with Crippen LogP contribution in [0.4, 0.5) is 39.5 Å². The number of rotatable bonds is 3. The Kier molecular flexibility index (Phi) is 5.82. The molecule has 0 aliphatic carbocycles. The van der Waals surface area contributed by atoms with Gasteiger partial charge in [-0.3, -0.25) is 0 Å². The zero-order valence-electron chi connectivity index (χ0n) is 15.3. The van der Waals surface area contributed by atoms with Gasteiger partial charge in [0.2, 0.25) is 0 Å². The van der Waals surface area contributed by atoms with Crippen LogP contribution in [0.3, 0.4) is 0 Å². The van der Waals surface area contributed by atoms with Gasteiger partial charge in [-0.15, -0.1) is 0 Å². The van der Waals surface area contributed by atoms with E-state index in [1.807, 2.05) is 0 Å². The Morgan fingerprint density at radius 3 is 0.710 bits per heavy atom. The topological polar surface area (TPSA) is 0 Å². The summed E-state index contributed by atoms with van der Waals surface area (Å²) in [7, 11) is 0. The minimum Gasteiger partial charge on any atom is -0.166 e. The van der Waals surface area contributed by atoms with Crippen LogP contribution in [-0.2, 0) is 18.5 Å². The van der Waals surface area contributed by atoms with Crippen LogP contribution in [0.1, 0.15) is 33.4 Å². The molecule has 0 saturated carbocycles. The number of halogens is 9. The summed E-state index contributed by atoms with van der Waals surface area (Å²) in [6.07, 6.45) is -13.8. The van der Waals surface area contributed by atoms with Crippen molar-refractivity contribution in [3.8, 4) is 0 Å². The third-order valence-corrected chi connectivity index (χ3v) is 4.50. The lowest BCUT2D eigenvalue weighted by Gasteiger charge is -2.20. The molecule has 0 aliphatic heterocycles. The Labute approximate surface area is 170 Å². The molecule has 0 saturated heterocycles. The van der Waals surface area contributed by atoms with Crippen molar-refractivity contribution in [2.24, 2.45) is 0 Å². The van der Waals surface area contributed by atoms with E-state index in [9.17, 15) is 39.5 Å². The third-order valence-electron chi connectivity index (χ3n) is 4.50. The predicted molar refractivity (Wildman–Crippen MR) is 94.9 cm³/mol. The number of alkyl halides is 9. The number of hydrogen-bond acceptors (Lipinski definition) is 0. The van der Waals surface area contributed by atoms with Gasteiger partial charge in [0.05, 0.1) is 22.6 Å². The molecule has 3 aromatic rings. The van der Waals surface area contributed by atoms with E-state index < -0.39 is 35.2 Å². The molecule has 0 N–H and O–H groups in total. The highest BCUT2D eigenvalue weighted by molar-refractivity contribution is 5.58. The molecule has 163 valence electrons. The van der Waals surface area contributed by atoms with E-state index in [-0.39, 0.29) is 22.6 Å². The Bertz CT molecular complexity index is 871. The van der Waals surface area contributed by atoms with Crippen LogP contribution in [0, 0.1) is 5.92 Å². The van der Waals surface area contributed by atoms with Crippen LogP contribution in [0.5, 0.6) is 0 Å². The molecule has 0 aliphatic rings. The monoisotopic (exact) mass is 447 g/mol. The average molecular weight is 447 g/mol. The molecule has 0 nitrogen and oxygen atoms in total. The van der Waals surface area contributed by atoms with Gasteiger partial charge < -0.3 is 0 Å². The summed E-state index contributed by atoms with van der Waals surface area (Å²) < 4.78 is 116. The molecule has 0 unspecified atom stereocenters. The summed E-state index contributed by atoms with van der Waals surface area (Å²) in [5, 5.41) is 0. The first-order chi connectivity index (χ1) is 14.3. The summed E-state index contributed by atoms with van der Waals surface area (Å²) >= 11 is 0. The van der Waals surface area contributed by atoms with Gasteiger partial charge in [0.15, 0.2) is 0 Å². The summed E-state index contributed by atoms with van der Waals surface area (Å²) in [5.41, 5.74) is -2.20. The fourth-order valence-corrected chi connectivity index (χ4v) is 2.98. The smallest absolute Gasteiger partial charge is 0.166 e. The van der Waals surface area contributed by atoms with E-state index in [2.05, 4.69) is 0 Å². The Morgan fingerprint density at radius 1 is 0.355 bits per heavy atom. The quantitative estimate of drug-likeness (QED) is 0.284. The molecule has 9 heteroatoms. The summed E-state index contributed by atoms with van der Waals surface area (Å²) in [6.45, 7) is 0. The van der Waals surface area contributed by atoms with E-state index in [1.54, 1.807) is 0 Å². The number of benzene rings is 3. The summed E-state index contributed by atoms with van der Waals surface area (Å²) in [5.74, 6) is 0.191. The molecule has 0 fully saturated rings. The van der Waals surface area contributed by atoms with Gasteiger partial charge in [-0.2, -0.15) is 39.5 Å². The fourth-order valence-electron chi connectivity index (χ4n) is 2.98. The van der Waals surface area contributed by atoms with Gasteiger partial charge in [0.1, 0.15) is 0 Å². The van der Waals surface area contributed by atoms with Gasteiger partial charge >= 0.3 is 18.5 Å². The molecule has 0 atom stereocenters. The fraction of sp³-hybridized carbons (Fsp3) is 0.136. The SMILES string of the molecule is FC(F)(F)c1ccc([C](c2ccc(C(F)(F)F)cc2)c2ccc(C(F)(F)F)cc2)cc1. The normalized spacial score (nSPS) is 13.0. The van der Waals surface area contributed by atoms with Crippen molar-refractivity contribution in [1.29, 1.82) is 0 Å². The maximum absolute atomic E-state index is 12.9. The lowest BCUT2D eigenvalue weighted by molar-refractivity contribution is -0.138. The van der Waals surface area contributed by atoms with E-state index in [0.29, 0.717) is 0 Å². The lowest BCUT2D eigenvalue weighted by Crippen LogP contribution is -2.10. The minimum atomic E-state index is -4.60. The van der Waals surface area contributed by atoms with Crippen molar-refractivity contribution in [2.75, 3.05) is 0 Å². The Balaban J connectivity index is 2.08. The Hall–Kier alpha value is -2.97. The van der Waals surface area contributed by atoms with Gasteiger partial charge in [0.25, 0.3) is 0 Å². The second kappa shape index (κ2) is 7.94. The molecule has 0 amide bonds. The van der Waals surface area contributed by atoms with Gasteiger partial charge in [-0.05, 0) is 53.1 Å². The predicted octanol–water partition coefficient (Wildman–Crippen LogP) is 7.76. The zero-order chi connectivity index (χ0) is 23.0. The van der Waals surface area contributed by atoms with Crippen LogP contribution >= 0.6 is 0 Å². The first-order valence-corrected chi connectivity index (χ1v) is 8.66. The molecule has 0 aromatic heterocycles. The molecule has 31 heavy (non-hydrogen) atoms. The lowest BCUT2D eigenvalue weighted by atomic mass is 9.84. The summed E-state index contributed by atoms with van der Waals surface area (Å²) in [4.78, 5) is 0. The van der Waals surface area contributed by atoms with Crippen molar-refractivity contribution < 1.29 is 39.5 Å². The zero-order valence-corrected chi connectivity index (χ0v) is 15.3. The van der Waals surface area contributed by atoms with Crippen LogP contribution in [0.15, 0.2) is 72.8 Å². The standard InChI is InChI=1S/C22H12F9/c23-20(24,25)16-7-1-13(2-8-16)19(14-3-9-17(10-4-14)21(26,27)28)15-5-11-18(12-6-15)22(29,30)31/h1-12H. The maximum Gasteiger partial charge on any atom is 0.416 e. The van der Waals surface area contributed by atoms with E-state index in [1.165, 1.54) is 0 Å². The molecule has 3 aromatic carbocycles. The molecule has 3 rings (SSSR count).